The van der Waals surface area contributed by atoms with Gasteiger partial charge in [-0.1, -0.05) is 12.2 Å². The highest BCUT2D eigenvalue weighted by atomic mass is 16.4. The zero-order valence-electron chi connectivity index (χ0n) is 7.68. The lowest BCUT2D eigenvalue weighted by Crippen LogP contribution is -1.97. The SMILES string of the molecule is NCCC=Cc1cncc(C(=O)O)c1. The molecule has 0 fully saturated rings. The van der Waals surface area contributed by atoms with Crippen LogP contribution in [0.4, 0.5) is 0 Å². The second-order valence-corrected chi connectivity index (χ2v) is 2.79. The first-order valence-corrected chi connectivity index (χ1v) is 4.29. The molecule has 0 saturated carbocycles. The molecule has 0 aromatic carbocycles. The minimum Gasteiger partial charge on any atom is -0.478 e. The summed E-state index contributed by atoms with van der Waals surface area (Å²) in [6.45, 7) is 0.586. The third-order valence-electron chi connectivity index (χ3n) is 1.65. The van der Waals surface area contributed by atoms with Gasteiger partial charge in [0.25, 0.3) is 0 Å². The van der Waals surface area contributed by atoms with Gasteiger partial charge in [0.1, 0.15) is 0 Å². The number of pyridine rings is 1. The Balaban J connectivity index is 2.78. The molecule has 0 amide bonds. The van der Waals surface area contributed by atoms with Crippen LogP contribution in [-0.2, 0) is 0 Å². The van der Waals surface area contributed by atoms with Crippen molar-refractivity contribution in [1.82, 2.24) is 4.98 Å². The van der Waals surface area contributed by atoms with Crippen molar-refractivity contribution in [2.75, 3.05) is 6.54 Å². The van der Waals surface area contributed by atoms with Crippen LogP contribution in [0.3, 0.4) is 0 Å². The van der Waals surface area contributed by atoms with Crippen LogP contribution in [-0.4, -0.2) is 22.6 Å². The number of aromatic nitrogens is 1. The molecule has 1 aromatic heterocycles. The van der Waals surface area contributed by atoms with E-state index in [-0.39, 0.29) is 5.56 Å². The molecule has 14 heavy (non-hydrogen) atoms. The molecule has 0 unspecified atom stereocenters. The second kappa shape index (κ2) is 5.14. The van der Waals surface area contributed by atoms with Gasteiger partial charge >= 0.3 is 5.97 Å². The number of hydrogen-bond acceptors (Lipinski definition) is 3. The summed E-state index contributed by atoms with van der Waals surface area (Å²) in [5.74, 6) is -0.966. The monoisotopic (exact) mass is 192 g/mol. The summed E-state index contributed by atoms with van der Waals surface area (Å²) in [5.41, 5.74) is 6.28. The van der Waals surface area contributed by atoms with E-state index in [1.54, 1.807) is 12.3 Å². The summed E-state index contributed by atoms with van der Waals surface area (Å²) in [4.78, 5) is 14.4. The molecular formula is C10H12N2O2. The number of carboxylic acid groups (broad SMARTS) is 1. The van der Waals surface area contributed by atoms with Crippen molar-refractivity contribution in [3.8, 4) is 0 Å². The van der Waals surface area contributed by atoms with Crippen LogP contribution in [0.2, 0.25) is 0 Å². The fraction of sp³-hybridized carbons (Fsp3) is 0.200. The fourth-order valence-electron chi connectivity index (χ4n) is 0.981. The van der Waals surface area contributed by atoms with Gasteiger partial charge in [0.05, 0.1) is 5.56 Å². The van der Waals surface area contributed by atoms with Gasteiger partial charge in [-0.3, -0.25) is 4.98 Å². The van der Waals surface area contributed by atoms with Crippen LogP contribution in [0.1, 0.15) is 22.3 Å². The lowest BCUT2D eigenvalue weighted by Gasteiger charge is -1.95. The minimum absolute atomic E-state index is 0.194. The van der Waals surface area contributed by atoms with Gasteiger partial charge in [0, 0.05) is 12.4 Å². The maximum absolute atomic E-state index is 10.6. The van der Waals surface area contributed by atoms with Crippen molar-refractivity contribution in [2.45, 2.75) is 6.42 Å². The van der Waals surface area contributed by atoms with E-state index in [0.29, 0.717) is 6.54 Å². The van der Waals surface area contributed by atoms with Crippen molar-refractivity contribution >= 4 is 12.0 Å². The van der Waals surface area contributed by atoms with Crippen LogP contribution >= 0.6 is 0 Å². The van der Waals surface area contributed by atoms with Crippen molar-refractivity contribution in [2.24, 2.45) is 5.73 Å². The zero-order valence-corrected chi connectivity index (χ0v) is 7.68. The van der Waals surface area contributed by atoms with Crippen LogP contribution in [0.25, 0.3) is 6.08 Å². The summed E-state index contributed by atoms with van der Waals surface area (Å²) >= 11 is 0. The Kier molecular flexibility index (Phi) is 3.82. The number of aromatic carboxylic acids is 1. The van der Waals surface area contributed by atoms with Crippen LogP contribution in [0, 0.1) is 0 Å². The highest BCUT2D eigenvalue weighted by molar-refractivity contribution is 5.87. The van der Waals surface area contributed by atoms with Crippen LogP contribution in [0.5, 0.6) is 0 Å². The molecule has 0 saturated heterocycles. The van der Waals surface area contributed by atoms with Crippen molar-refractivity contribution in [1.29, 1.82) is 0 Å². The average molecular weight is 192 g/mol. The Morgan fingerprint density at radius 2 is 2.36 bits per heavy atom. The largest absolute Gasteiger partial charge is 0.478 e. The van der Waals surface area contributed by atoms with Gasteiger partial charge in [-0.05, 0) is 24.6 Å². The Bertz CT molecular complexity index is 348. The predicted octanol–water partition coefficient (Wildman–Crippen LogP) is 1.14. The Morgan fingerprint density at radius 3 is 3.00 bits per heavy atom. The molecule has 4 nitrogen and oxygen atoms in total. The van der Waals surface area contributed by atoms with Crippen molar-refractivity contribution in [3.63, 3.8) is 0 Å². The van der Waals surface area contributed by atoms with Gasteiger partial charge in [-0.25, -0.2) is 4.79 Å². The molecule has 1 rings (SSSR count). The van der Waals surface area contributed by atoms with Crippen LogP contribution < -0.4 is 5.73 Å². The highest BCUT2D eigenvalue weighted by Crippen LogP contribution is 2.05. The Labute approximate surface area is 82.1 Å². The van der Waals surface area contributed by atoms with Crippen molar-refractivity contribution in [3.05, 3.63) is 35.7 Å². The number of hydrogen-bond donors (Lipinski definition) is 2. The molecule has 0 radical (unpaired) electrons. The number of rotatable bonds is 4. The molecule has 0 atom stereocenters. The molecule has 0 aliphatic rings. The topological polar surface area (TPSA) is 76.2 Å². The maximum Gasteiger partial charge on any atom is 0.337 e. The molecule has 4 heteroatoms. The molecule has 0 spiro atoms. The quantitative estimate of drug-likeness (QED) is 0.750. The van der Waals surface area contributed by atoms with E-state index < -0.39 is 5.97 Å². The van der Waals surface area contributed by atoms with E-state index in [0.717, 1.165) is 12.0 Å². The van der Waals surface area contributed by atoms with Gasteiger partial charge in [0.2, 0.25) is 0 Å². The minimum atomic E-state index is -0.966. The lowest BCUT2D eigenvalue weighted by molar-refractivity contribution is 0.0696. The predicted molar refractivity (Wildman–Crippen MR) is 53.9 cm³/mol. The summed E-state index contributed by atoms with van der Waals surface area (Å²) in [7, 11) is 0. The maximum atomic E-state index is 10.6. The number of carbonyl (C=O) groups is 1. The smallest absolute Gasteiger partial charge is 0.337 e. The Morgan fingerprint density at radius 1 is 1.57 bits per heavy atom. The van der Waals surface area contributed by atoms with Gasteiger partial charge in [-0.15, -0.1) is 0 Å². The first-order valence-electron chi connectivity index (χ1n) is 4.29. The summed E-state index contributed by atoms with van der Waals surface area (Å²) < 4.78 is 0. The highest BCUT2D eigenvalue weighted by Gasteiger charge is 2.01. The lowest BCUT2D eigenvalue weighted by atomic mass is 10.2. The number of nitrogens with zero attached hydrogens (tertiary/aromatic N) is 1. The average Bonchev–Trinajstić information content (AvgIpc) is 2.19. The molecular weight excluding hydrogens is 180 g/mol. The molecule has 0 bridgehead atoms. The van der Waals surface area contributed by atoms with E-state index >= 15 is 0 Å². The third kappa shape index (κ3) is 2.99. The normalized spacial score (nSPS) is 10.6. The van der Waals surface area contributed by atoms with E-state index in [1.807, 2.05) is 12.2 Å². The zero-order chi connectivity index (χ0) is 10.4. The number of carboxylic acids is 1. The molecule has 1 aromatic rings. The second-order valence-electron chi connectivity index (χ2n) is 2.79. The first kappa shape index (κ1) is 10.4. The first-order chi connectivity index (χ1) is 6.74. The van der Waals surface area contributed by atoms with Gasteiger partial charge < -0.3 is 10.8 Å². The summed E-state index contributed by atoms with van der Waals surface area (Å²) in [6, 6.07) is 1.57. The van der Waals surface area contributed by atoms with Gasteiger partial charge in [-0.2, -0.15) is 0 Å². The fourth-order valence-corrected chi connectivity index (χ4v) is 0.981. The summed E-state index contributed by atoms with van der Waals surface area (Å²) in [5, 5.41) is 8.70. The molecule has 0 aliphatic heterocycles. The van der Waals surface area contributed by atoms with E-state index in [2.05, 4.69) is 4.98 Å². The standard InChI is InChI=1S/C10H12N2O2/c11-4-2-1-3-8-5-9(10(13)14)7-12-6-8/h1,3,5-7H,2,4,11H2,(H,13,14). The molecule has 3 N–H and O–H groups in total. The van der Waals surface area contributed by atoms with E-state index in [9.17, 15) is 4.79 Å². The van der Waals surface area contributed by atoms with Crippen LogP contribution in [0.15, 0.2) is 24.5 Å². The van der Waals surface area contributed by atoms with E-state index in [4.69, 9.17) is 10.8 Å². The van der Waals surface area contributed by atoms with Crippen molar-refractivity contribution < 1.29 is 9.90 Å². The van der Waals surface area contributed by atoms with E-state index in [1.165, 1.54) is 6.20 Å². The number of nitrogens with two attached hydrogens (primary N) is 1. The van der Waals surface area contributed by atoms with Gasteiger partial charge in [0.15, 0.2) is 0 Å². The molecule has 0 aliphatic carbocycles. The summed E-state index contributed by atoms with van der Waals surface area (Å²) in [6.07, 6.45) is 7.41. The molecule has 74 valence electrons. The Hall–Kier alpha value is -1.68. The molecule has 1 heterocycles. The third-order valence-corrected chi connectivity index (χ3v) is 1.65.